The first-order valence-corrected chi connectivity index (χ1v) is 11.9. The maximum atomic E-state index is 9.83. The summed E-state index contributed by atoms with van der Waals surface area (Å²) in [6.45, 7) is 4.48. The van der Waals surface area contributed by atoms with Crippen molar-refractivity contribution in [1.29, 1.82) is 0 Å². The minimum absolute atomic E-state index is 0.0227. The number of thiocarbonyl (C=S) groups is 1. The molecule has 2 N–H and O–H groups in total. The Morgan fingerprint density at radius 2 is 1.78 bits per heavy atom. The van der Waals surface area contributed by atoms with Gasteiger partial charge in [0, 0.05) is 29.3 Å². The normalized spacial score (nSPS) is 21.7. The molecule has 1 aliphatic carbocycles. The fourth-order valence-electron chi connectivity index (χ4n) is 5.57. The number of benzene rings is 1. The van der Waals surface area contributed by atoms with Crippen LogP contribution in [0.4, 0.5) is 5.69 Å². The minimum Gasteiger partial charge on any atom is -0.508 e. The number of hydrogen-bond acceptors (Lipinski definition) is 3. The van der Waals surface area contributed by atoms with E-state index < -0.39 is 0 Å². The van der Waals surface area contributed by atoms with Crippen LogP contribution >= 0.6 is 12.2 Å². The second-order valence-electron chi connectivity index (χ2n) is 9.00. The van der Waals surface area contributed by atoms with Crippen LogP contribution in [0.25, 0.3) is 0 Å². The molecule has 2 fully saturated rings. The number of nitrogens with zero attached hydrogens (tertiary/aromatic N) is 3. The summed E-state index contributed by atoms with van der Waals surface area (Å²) in [5, 5.41) is 14.0. The summed E-state index contributed by atoms with van der Waals surface area (Å²) >= 11 is 5.84. The maximum absolute atomic E-state index is 9.83. The first kappa shape index (κ1) is 21.0. The van der Waals surface area contributed by atoms with Gasteiger partial charge in [-0.1, -0.05) is 25.3 Å². The van der Waals surface area contributed by atoms with E-state index in [1.807, 2.05) is 30.5 Å². The van der Waals surface area contributed by atoms with Crippen LogP contribution in [0.3, 0.4) is 0 Å². The highest BCUT2D eigenvalue weighted by molar-refractivity contribution is 7.80. The van der Waals surface area contributed by atoms with Crippen molar-refractivity contribution in [2.75, 3.05) is 4.90 Å². The molecule has 5 nitrogen and oxygen atoms in total. The summed E-state index contributed by atoms with van der Waals surface area (Å²) in [5.41, 5.74) is 5.85. The topological polar surface area (TPSA) is 53.3 Å². The van der Waals surface area contributed by atoms with Crippen molar-refractivity contribution in [3.63, 3.8) is 0 Å². The average molecular weight is 447 g/mol. The highest BCUT2D eigenvalue weighted by Gasteiger charge is 2.42. The Morgan fingerprint density at radius 3 is 2.47 bits per heavy atom. The van der Waals surface area contributed by atoms with E-state index in [-0.39, 0.29) is 17.8 Å². The Labute approximate surface area is 195 Å². The van der Waals surface area contributed by atoms with E-state index in [2.05, 4.69) is 45.7 Å². The van der Waals surface area contributed by atoms with Gasteiger partial charge in [0.2, 0.25) is 0 Å². The number of aryl methyl sites for hydroxylation is 1. The Bertz CT molecular complexity index is 1100. The van der Waals surface area contributed by atoms with Crippen LogP contribution in [0.1, 0.15) is 72.9 Å². The molecule has 3 heterocycles. The third-order valence-corrected chi connectivity index (χ3v) is 7.32. The van der Waals surface area contributed by atoms with Crippen molar-refractivity contribution in [2.24, 2.45) is 0 Å². The molecule has 3 aromatic rings. The standard InChI is InChI=1S/C26H30N4OS/c1-17-16-22(18(2)29(17)19-8-4-3-5-9-19)25-24(23-10-6-7-15-27-23)28-26(32)30(25)20-11-13-21(31)14-12-20/h6-7,10-16,19,24-25,31H,3-5,8-9H2,1-2H3,(H,28,32)/t24-,25+/m0/s1. The molecule has 32 heavy (non-hydrogen) atoms. The van der Waals surface area contributed by atoms with Crippen LogP contribution in [0.5, 0.6) is 5.75 Å². The molecule has 1 aliphatic heterocycles. The number of phenols is 1. The molecular formula is C26H30N4OS. The predicted octanol–water partition coefficient (Wildman–Crippen LogP) is 5.89. The molecule has 0 radical (unpaired) electrons. The largest absolute Gasteiger partial charge is 0.508 e. The van der Waals surface area contributed by atoms with Crippen LogP contribution in [-0.4, -0.2) is 19.8 Å². The summed E-state index contributed by atoms with van der Waals surface area (Å²) in [4.78, 5) is 6.85. The van der Waals surface area contributed by atoms with Crippen molar-refractivity contribution in [2.45, 2.75) is 64.1 Å². The van der Waals surface area contributed by atoms with Crippen molar-refractivity contribution in [3.05, 3.63) is 77.4 Å². The number of rotatable bonds is 4. The van der Waals surface area contributed by atoms with Crippen LogP contribution in [0, 0.1) is 13.8 Å². The van der Waals surface area contributed by atoms with Gasteiger partial charge in [-0.2, -0.15) is 0 Å². The molecule has 2 aromatic heterocycles. The van der Waals surface area contributed by atoms with Gasteiger partial charge in [-0.3, -0.25) is 4.98 Å². The van der Waals surface area contributed by atoms with Gasteiger partial charge in [0.05, 0.1) is 17.8 Å². The highest BCUT2D eigenvalue weighted by atomic mass is 32.1. The number of aromatic hydroxyl groups is 1. The first-order valence-electron chi connectivity index (χ1n) is 11.5. The first-order chi connectivity index (χ1) is 15.5. The van der Waals surface area contributed by atoms with Crippen LogP contribution < -0.4 is 10.2 Å². The monoisotopic (exact) mass is 446 g/mol. The zero-order valence-corrected chi connectivity index (χ0v) is 19.5. The summed E-state index contributed by atoms with van der Waals surface area (Å²) in [6.07, 6.45) is 8.31. The van der Waals surface area contributed by atoms with Gasteiger partial charge in [0.1, 0.15) is 5.75 Å². The molecule has 0 spiro atoms. The summed E-state index contributed by atoms with van der Waals surface area (Å²) < 4.78 is 2.56. The fourth-order valence-corrected chi connectivity index (χ4v) is 5.91. The lowest BCUT2D eigenvalue weighted by Gasteiger charge is -2.30. The average Bonchev–Trinajstić information content (AvgIpc) is 3.31. The Morgan fingerprint density at radius 1 is 1.03 bits per heavy atom. The smallest absolute Gasteiger partial charge is 0.174 e. The molecular weight excluding hydrogens is 416 g/mol. The van der Waals surface area contributed by atoms with Gasteiger partial charge >= 0.3 is 0 Å². The molecule has 1 saturated carbocycles. The highest BCUT2D eigenvalue weighted by Crippen LogP contribution is 2.44. The number of pyridine rings is 1. The second kappa shape index (κ2) is 8.58. The number of phenolic OH excluding ortho intramolecular Hbond substituents is 1. The zero-order valence-electron chi connectivity index (χ0n) is 18.7. The molecule has 2 aliphatic rings. The Balaban J connectivity index is 1.62. The van der Waals surface area contributed by atoms with Gasteiger partial charge in [0.15, 0.2) is 5.11 Å². The molecule has 0 unspecified atom stereocenters. The molecule has 2 atom stereocenters. The third kappa shape index (κ3) is 3.66. The number of aromatic nitrogens is 2. The van der Waals surface area contributed by atoms with E-state index in [0.29, 0.717) is 11.2 Å². The van der Waals surface area contributed by atoms with Crippen molar-refractivity contribution < 1.29 is 5.11 Å². The zero-order chi connectivity index (χ0) is 22.2. The summed E-state index contributed by atoms with van der Waals surface area (Å²) in [6, 6.07) is 16.2. The lowest BCUT2D eigenvalue weighted by atomic mass is 9.94. The van der Waals surface area contributed by atoms with Crippen LogP contribution in [0.2, 0.25) is 0 Å². The predicted molar refractivity (Wildman–Crippen MR) is 132 cm³/mol. The van der Waals surface area contributed by atoms with Gasteiger partial charge in [0.25, 0.3) is 0 Å². The van der Waals surface area contributed by atoms with E-state index in [9.17, 15) is 5.11 Å². The molecule has 5 rings (SSSR count). The van der Waals surface area contributed by atoms with Gasteiger partial charge in [-0.05, 0) is 86.9 Å². The number of anilines is 1. The van der Waals surface area contributed by atoms with E-state index in [4.69, 9.17) is 12.2 Å². The number of nitrogens with one attached hydrogen (secondary N) is 1. The van der Waals surface area contributed by atoms with E-state index in [1.54, 1.807) is 12.1 Å². The lowest BCUT2D eigenvalue weighted by Crippen LogP contribution is -2.29. The van der Waals surface area contributed by atoms with Crippen molar-refractivity contribution in [1.82, 2.24) is 14.9 Å². The van der Waals surface area contributed by atoms with Crippen LogP contribution in [0.15, 0.2) is 54.7 Å². The quantitative estimate of drug-likeness (QED) is 0.490. The van der Waals surface area contributed by atoms with E-state index in [0.717, 1.165) is 11.4 Å². The van der Waals surface area contributed by atoms with Crippen molar-refractivity contribution in [3.8, 4) is 5.75 Å². The molecule has 0 amide bonds. The minimum atomic E-state index is -0.0576. The van der Waals surface area contributed by atoms with Crippen molar-refractivity contribution >= 4 is 23.0 Å². The maximum Gasteiger partial charge on any atom is 0.174 e. The molecule has 166 valence electrons. The Kier molecular flexibility index (Phi) is 5.64. The summed E-state index contributed by atoms with van der Waals surface area (Å²) in [7, 11) is 0. The lowest BCUT2D eigenvalue weighted by molar-refractivity contribution is 0.345. The number of hydrogen-bond donors (Lipinski definition) is 2. The summed E-state index contributed by atoms with van der Waals surface area (Å²) in [5.74, 6) is 0.250. The van der Waals surface area contributed by atoms with E-state index in [1.165, 1.54) is 49.1 Å². The van der Waals surface area contributed by atoms with Gasteiger partial charge < -0.3 is 19.9 Å². The molecule has 6 heteroatoms. The van der Waals surface area contributed by atoms with E-state index >= 15 is 0 Å². The second-order valence-corrected chi connectivity index (χ2v) is 9.39. The Hall–Kier alpha value is -2.86. The third-order valence-electron chi connectivity index (χ3n) is 7.01. The van der Waals surface area contributed by atoms with Crippen LogP contribution in [-0.2, 0) is 0 Å². The molecule has 0 bridgehead atoms. The molecule has 1 saturated heterocycles. The fraction of sp³-hybridized carbons (Fsp3) is 0.385. The van der Waals surface area contributed by atoms with Gasteiger partial charge in [-0.15, -0.1) is 0 Å². The van der Waals surface area contributed by atoms with Gasteiger partial charge in [-0.25, -0.2) is 0 Å². The SMILES string of the molecule is Cc1cc([C@@H]2[C@H](c3ccccn3)NC(=S)N2c2ccc(O)cc2)c(C)n1C1CCCCC1. The molecule has 1 aromatic carbocycles.